The predicted octanol–water partition coefficient (Wildman–Crippen LogP) is 3.08. The van der Waals surface area contributed by atoms with Crippen LogP contribution in [-0.2, 0) is 10.3 Å². The summed E-state index contributed by atoms with van der Waals surface area (Å²) in [6.07, 6.45) is 1.65. The van der Waals surface area contributed by atoms with Gasteiger partial charge in [-0.05, 0) is 32.7 Å². The van der Waals surface area contributed by atoms with E-state index in [1.807, 2.05) is 7.05 Å². The molecule has 116 valence electrons. The smallest absolute Gasteiger partial charge is 0.231 e. The minimum absolute atomic E-state index is 0.199. The van der Waals surface area contributed by atoms with Gasteiger partial charge in [-0.15, -0.1) is 0 Å². The van der Waals surface area contributed by atoms with Gasteiger partial charge in [-0.1, -0.05) is 32.9 Å². The van der Waals surface area contributed by atoms with Crippen LogP contribution in [0.5, 0.6) is 0 Å². The molecule has 1 N–H and O–H groups in total. The summed E-state index contributed by atoms with van der Waals surface area (Å²) in [5.41, 5.74) is -0.438. The first-order chi connectivity index (χ1) is 9.45. The second kappa shape index (κ2) is 7.18. The summed E-state index contributed by atoms with van der Waals surface area (Å²) < 4.78 is 11.2. The third-order valence-corrected chi connectivity index (χ3v) is 4.38. The lowest BCUT2D eigenvalue weighted by molar-refractivity contribution is -0.0306. The Morgan fingerprint density at radius 1 is 1.25 bits per heavy atom. The zero-order valence-corrected chi connectivity index (χ0v) is 13.9. The van der Waals surface area contributed by atoms with Crippen molar-refractivity contribution >= 4 is 0 Å². The van der Waals surface area contributed by atoms with Gasteiger partial charge in [-0.3, -0.25) is 0 Å². The van der Waals surface area contributed by atoms with Crippen LogP contribution in [0.25, 0.3) is 0 Å². The number of hydrogen-bond donors (Lipinski definition) is 1. The van der Waals surface area contributed by atoms with E-state index in [1.165, 1.54) is 0 Å². The van der Waals surface area contributed by atoms with Crippen LogP contribution in [0.15, 0.2) is 4.52 Å². The van der Waals surface area contributed by atoms with Gasteiger partial charge in [0.15, 0.2) is 0 Å². The van der Waals surface area contributed by atoms with E-state index in [0.717, 1.165) is 12.8 Å². The highest BCUT2D eigenvalue weighted by molar-refractivity contribution is 5.05. The van der Waals surface area contributed by atoms with Crippen molar-refractivity contribution in [2.75, 3.05) is 14.2 Å². The standard InChI is InChI=1S/C15H29N3O2/c1-8-15(9-2,19-7)14-17-13(20-18-14)12(10(3)4)11(5)16-6/h10-12,16H,8-9H2,1-7H3. The SMILES string of the molecule is CCC(CC)(OC)c1noc(C(C(C)C)C(C)NC)n1. The summed E-state index contributed by atoms with van der Waals surface area (Å²) in [5.74, 6) is 1.98. The fraction of sp³-hybridized carbons (Fsp3) is 0.867. The number of nitrogens with zero attached hydrogens (tertiary/aromatic N) is 2. The van der Waals surface area contributed by atoms with Crippen molar-refractivity contribution in [3.8, 4) is 0 Å². The molecule has 1 rings (SSSR count). The monoisotopic (exact) mass is 283 g/mol. The predicted molar refractivity (Wildman–Crippen MR) is 79.7 cm³/mol. The number of ether oxygens (including phenoxy) is 1. The molecule has 2 unspecified atom stereocenters. The van der Waals surface area contributed by atoms with E-state index in [9.17, 15) is 0 Å². The number of likely N-dealkylation sites (N-methyl/N-ethyl adjacent to an activating group) is 1. The topological polar surface area (TPSA) is 60.2 Å². The normalized spacial score (nSPS) is 15.6. The molecule has 0 fully saturated rings. The van der Waals surface area contributed by atoms with Crippen molar-refractivity contribution in [3.63, 3.8) is 0 Å². The van der Waals surface area contributed by atoms with Gasteiger partial charge in [0.05, 0.1) is 5.92 Å². The molecular formula is C15H29N3O2. The summed E-state index contributed by atoms with van der Waals surface area (Å²) in [6.45, 7) is 10.6. The van der Waals surface area contributed by atoms with E-state index >= 15 is 0 Å². The Hall–Kier alpha value is -0.940. The van der Waals surface area contributed by atoms with Crippen LogP contribution in [0.1, 0.15) is 65.1 Å². The number of nitrogens with one attached hydrogen (secondary N) is 1. The third kappa shape index (κ3) is 3.20. The van der Waals surface area contributed by atoms with E-state index in [4.69, 9.17) is 9.26 Å². The second-order valence-electron chi connectivity index (χ2n) is 5.71. The summed E-state index contributed by atoms with van der Waals surface area (Å²) >= 11 is 0. The van der Waals surface area contributed by atoms with Crippen LogP contribution in [0.3, 0.4) is 0 Å². The Kier molecular flexibility index (Phi) is 6.14. The molecule has 0 aliphatic carbocycles. The van der Waals surface area contributed by atoms with Gasteiger partial charge >= 0.3 is 0 Å². The first-order valence-corrected chi connectivity index (χ1v) is 7.52. The molecule has 0 saturated carbocycles. The first-order valence-electron chi connectivity index (χ1n) is 7.52. The largest absolute Gasteiger partial charge is 0.370 e. The van der Waals surface area contributed by atoms with Crippen molar-refractivity contribution in [3.05, 3.63) is 11.7 Å². The van der Waals surface area contributed by atoms with Gasteiger partial charge in [-0.2, -0.15) is 4.98 Å². The Morgan fingerprint density at radius 3 is 2.25 bits per heavy atom. The number of hydrogen-bond acceptors (Lipinski definition) is 5. The van der Waals surface area contributed by atoms with Gasteiger partial charge in [0.2, 0.25) is 11.7 Å². The summed E-state index contributed by atoms with van der Waals surface area (Å²) in [4.78, 5) is 4.64. The van der Waals surface area contributed by atoms with Gasteiger partial charge in [0, 0.05) is 13.2 Å². The lowest BCUT2D eigenvalue weighted by Gasteiger charge is -2.26. The highest BCUT2D eigenvalue weighted by Crippen LogP contribution is 2.33. The Labute approximate surface area is 122 Å². The minimum atomic E-state index is -0.438. The Morgan fingerprint density at radius 2 is 1.85 bits per heavy atom. The fourth-order valence-electron chi connectivity index (χ4n) is 2.76. The molecule has 0 aliphatic heterocycles. The molecular weight excluding hydrogens is 254 g/mol. The Bertz CT molecular complexity index is 391. The quantitative estimate of drug-likeness (QED) is 0.794. The van der Waals surface area contributed by atoms with Crippen LogP contribution in [-0.4, -0.2) is 30.3 Å². The van der Waals surface area contributed by atoms with E-state index in [2.05, 4.69) is 50.1 Å². The van der Waals surface area contributed by atoms with Crippen LogP contribution in [0, 0.1) is 5.92 Å². The molecule has 20 heavy (non-hydrogen) atoms. The van der Waals surface area contributed by atoms with Crippen molar-refractivity contribution in [1.82, 2.24) is 15.5 Å². The Balaban J connectivity index is 3.11. The number of aromatic nitrogens is 2. The average molecular weight is 283 g/mol. The molecule has 0 radical (unpaired) electrons. The molecule has 1 aromatic heterocycles. The van der Waals surface area contributed by atoms with Crippen LogP contribution in [0.2, 0.25) is 0 Å². The van der Waals surface area contributed by atoms with Crippen molar-refractivity contribution in [2.24, 2.45) is 5.92 Å². The average Bonchev–Trinajstić information content (AvgIpc) is 2.91. The van der Waals surface area contributed by atoms with Crippen LogP contribution >= 0.6 is 0 Å². The van der Waals surface area contributed by atoms with Crippen molar-refractivity contribution in [1.29, 1.82) is 0 Å². The molecule has 0 amide bonds. The summed E-state index contributed by atoms with van der Waals surface area (Å²) in [7, 11) is 3.66. The number of rotatable bonds is 8. The summed E-state index contributed by atoms with van der Waals surface area (Å²) in [6, 6.07) is 0.281. The first kappa shape index (κ1) is 17.1. The van der Waals surface area contributed by atoms with Gasteiger partial charge in [0.1, 0.15) is 5.60 Å². The van der Waals surface area contributed by atoms with Crippen molar-refractivity contribution in [2.45, 2.75) is 65.0 Å². The van der Waals surface area contributed by atoms with Gasteiger partial charge in [0.25, 0.3) is 0 Å². The van der Waals surface area contributed by atoms with E-state index in [1.54, 1.807) is 7.11 Å². The third-order valence-electron chi connectivity index (χ3n) is 4.38. The molecule has 5 heteroatoms. The molecule has 1 heterocycles. The lowest BCUT2D eigenvalue weighted by Crippen LogP contribution is -2.32. The fourth-order valence-corrected chi connectivity index (χ4v) is 2.76. The maximum absolute atomic E-state index is 5.66. The number of methoxy groups -OCH3 is 1. The molecule has 0 aromatic carbocycles. The molecule has 0 saturated heterocycles. The van der Waals surface area contributed by atoms with E-state index in [-0.39, 0.29) is 12.0 Å². The molecule has 2 atom stereocenters. The molecule has 0 spiro atoms. The lowest BCUT2D eigenvalue weighted by atomic mass is 9.89. The van der Waals surface area contributed by atoms with E-state index in [0.29, 0.717) is 17.6 Å². The molecule has 1 aromatic rings. The minimum Gasteiger partial charge on any atom is -0.370 e. The summed E-state index contributed by atoms with van der Waals surface area (Å²) in [5, 5.41) is 7.46. The zero-order chi connectivity index (χ0) is 15.3. The second-order valence-corrected chi connectivity index (χ2v) is 5.71. The molecule has 0 bridgehead atoms. The molecule has 0 aliphatic rings. The van der Waals surface area contributed by atoms with Crippen LogP contribution in [0.4, 0.5) is 0 Å². The highest BCUT2D eigenvalue weighted by atomic mass is 16.5. The van der Waals surface area contributed by atoms with Crippen molar-refractivity contribution < 1.29 is 9.26 Å². The zero-order valence-electron chi connectivity index (χ0n) is 13.9. The van der Waals surface area contributed by atoms with Gasteiger partial charge in [-0.25, -0.2) is 0 Å². The molecule has 5 nitrogen and oxygen atoms in total. The highest BCUT2D eigenvalue weighted by Gasteiger charge is 2.36. The van der Waals surface area contributed by atoms with E-state index < -0.39 is 5.60 Å². The van der Waals surface area contributed by atoms with Gasteiger partial charge < -0.3 is 14.6 Å². The maximum atomic E-state index is 5.66. The maximum Gasteiger partial charge on any atom is 0.231 e. The van der Waals surface area contributed by atoms with Crippen LogP contribution < -0.4 is 5.32 Å².